The number of fused-ring (bicyclic) bond motifs is 1. The van der Waals surface area contributed by atoms with Crippen molar-refractivity contribution in [3.05, 3.63) is 76.1 Å². The molecule has 1 aromatic heterocycles. The highest BCUT2D eigenvalue weighted by atomic mass is 16.1. The number of pyridine rings is 1. The molecular formula is C22H22N2O2. The highest BCUT2D eigenvalue weighted by molar-refractivity contribution is 5.94. The van der Waals surface area contributed by atoms with Gasteiger partial charge in [-0.3, -0.25) is 9.59 Å². The first-order valence-electron chi connectivity index (χ1n) is 9.08. The first-order valence-corrected chi connectivity index (χ1v) is 9.08. The summed E-state index contributed by atoms with van der Waals surface area (Å²) in [6.07, 6.45) is 2.88. The van der Waals surface area contributed by atoms with Crippen LogP contribution in [0.4, 0.5) is 5.69 Å². The third-order valence-electron chi connectivity index (χ3n) is 5.14. The summed E-state index contributed by atoms with van der Waals surface area (Å²) in [4.78, 5) is 27.3. The Morgan fingerprint density at radius 1 is 1.15 bits per heavy atom. The van der Waals surface area contributed by atoms with Gasteiger partial charge in [0.15, 0.2) is 0 Å². The van der Waals surface area contributed by atoms with Gasteiger partial charge in [-0.1, -0.05) is 36.4 Å². The molecule has 132 valence electrons. The fourth-order valence-electron chi connectivity index (χ4n) is 3.56. The Bertz CT molecular complexity index is 1000. The van der Waals surface area contributed by atoms with Crippen molar-refractivity contribution >= 4 is 22.5 Å². The summed E-state index contributed by atoms with van der Waals surface area (Å²) < 4.78 is 0. The zero-order chi connectivity index (χ0) is 18.1. The smallest absolute Gasteiger partial charge is 0.251 e. The van der Waals surface area contributed by atoms with Crippen LogP contribution >= 0.6 is 0 Å². The minimum atomic E-state index is -0.0983. The summed E-state index contributed by atoms with van der Waals surface area (Å²) in [6.45, 7) is 1.79. The van der Waals surface area contributed by atoms with Gasteiger partial charge in [0.25, 0.3) is 5.56 Å². The van der Waals surface area contributed by atoms with E-state index in [1.165, 1.54) is 18.4 Å². The molecule has 3 aromatic rings. The van der Waals surface area contributed by atoms with Crippen LogP contribution in [-0.4, -0.2) is 10.9 Å². The molecule has 2 N–H and O–H groups in total. The lowest BCUT2D eigenvalue weighted by molar-refractivity contribution is -0.116. The number of aromatic amines is 1. The SMILES string of the molecule is Cc1cc2ccc(NC(=O)CC(c3ccccc3)C3CC3)cc2[nH]c1=O. The van der Waals surface area contributed by atoms with Crippen LogP contribution in [0.5, 0.6) is 0 Å². The summed E-state index contributed by atoms with van der Waals surface area (Å²) in [7, 11) is 0. The van der Waals surface area contributed by atoms with Crippen LogP contribution in [0.15, 0.2) is 59.4 Å². The first-order chi connectivity index (χ1) is 12.6. The molecule has 1 aliphatic rings. The molecule has 4 nitrogen and oxygen atoms in total. The Kier molecular flexibility index (Phi) is 4.33. The van der Waals surface area contributed by atoms with E-state index in [2.05, 4.69) is 22.4 Å². The highest BCUT2D eigenvalue weighted by Gasteiger charge is 2.33. The van der Waals surface area contributed by atoms with Gasteiger partial charge >= 0.3 is 0 Å². The maximum Gasteiger partial charge on any atom is 0.251 e. The van der Waals surface area contributed by atoms with Gasteiger partial charge in [-0.2, -0.15) is 0 Å². The van der Waals surface area contributed by atoms with Crippen LogP contribution in [0.25, 0.3) is 10.9 Å². The minimum absolute atomic E-state index is 0.0135. The Labute approximate surface area is 152 Å². The monoisotopic (exact) mass is 346 g/mol. The van der Waals surface area contributed by atoms with Gasteiger partial charge in [-0.15, -0.1) is 0 Å². The summed E-state index contributed by atoms with van der Waals surface area (Å²) in [5.41, 5.74) is 3.27. The van der Waals surface area contributed by atoms with Crippen LogP contribution in [0, 0.1) is 12.8 Å². The molecule has 0 saturated heterocycles. The summed E-state index contributed by atoms with van der Waals surface area (Å²) in [5, 5.41) is 3.95. The maximum atomic E-state index is 12.6. The number of carbonyl (C=O) groups is 1. The lowest BCUT2D eigenvalue weighted by Gasteiger charge is -2.16. The molecule has 2 aromatic carbocycles. The number of carbonyl (C=O) groups excluding carboxylic acids is 1. The van der Waals surface area contributed by atoms with E-state index in [4.69, 9.17) is 0 Å². The molecule has 0 spiro atoms. The number of nitrogens with one attached hydrogen (secondary N) is 2. The molecular weight excluding hydrogens is 324 g/mol. The zero-order valence-corrected chi connectivity index (χ0v) is 14.8. The molecule has 4 heteroatoms. The molecule has 0 radical (unpaired) electrons. The second-order valence-corrected chi connectivity index (χ2v) is 7.19. The van der Waals surface area contributed by atoms with E-state index in [1.54, 1.807) is 6.92 Å². The highest BCUT2D eigenvalue weighted by Crippen LogP contribution is 2.44. The fourth-order valence-corrected chi connectivity index (χ4v) is 3.56. The van der Waals surface area contributed by atoms with E-state index in [-0.39, 0.29) is 17.4 Å². The number of amides is 1. The molecule has 1 saturated carbocycles. The minimum Gasteiger partial charge on any atom is -0.326 e. The number of H-pyrrole nitrogens is 1. The van der Waals surface area contributed by atoms with Gasteiger partial charge in [-0.25, -0.2) is 0 Å². The predicted molar refractivity (Wildman–Crippen MR) is 104 cm³/mol. The van der Waals surface area contributed by atoms with E-state index in [0.29, 0.717) is 23.6 Å². The number of aryl methyl sites for hydroxylation is 1. The van der Waals surface area contributed by atoms with Crippen LogP contribution in [-0.2, 0) is 4.79 Å². The second kappa shape index (κ2) is 6.79. The van der Waals surface area contributed by atoms with Gasteiger partial charge in [0.05, 0.1) is 5.52 Å². The van der Waals surface area contributed by atoms with Gasteiger partial charge in [0, 0.05) is 17.7 Å². The number of rotatable bonds is 5. The first kappa shape index (κ1) is 16.6. The van der Waals surface area contributed by atoms with Crippen molar-refractivity contribution in [3.8, 4) is 0 Å². The van der Waals surface area contributed by atoms with Crippen molar-refractivity contribution in [3.63, 3.8) is 0 Å². The lowest BCUT2D eigenvalue weighted by atomic mass is 9.91. The van der Waals surface area contributed by atoms with Gasteiger partial charge < -0.3 is 10.3 Å². The van der Waals surface area contributed by atoms with Crippen molar-refractivity contribution in [1.29, 1.82) is 0 Å². The van der Waals surface area contributed by atoms with Gasteiger partial charge in [0.1, 0.15) is 0 Å². The molecule has 1 unspecified atom stereocenters. The molecule has 1 fully saturated rings. The van der Waals surface area contributed by atoms with Crippen molar-refractivity contribution < 1.29 is 4.79 Å². The van der Waals surface area contributed by atoms with Crippen molar-refractivity contribution in [1.82, 2.24) is 4.98 Å². The number of hydrogen-bond donors (Lipinski definition) is 2. The summed E-state index contributed by atoms with van der Waals surface area (Å²) >= 11 is 0. The Morgan fingerprint density at radius 2 is 1.92 bits per heavy atom. The van der Waals surface area contributed by atoms with Crippen molar-refractivity contribution in [2.75, 3.05) is 5.32 Å². The quantitative estimate of drug-likeness (QED) is 0.721. The largest absolute Gasteiger partial charge is 0.326 e. The molecule has 1 atom stereocenters. The Hall–Kier alpha value is -2.88. The van der Waals surface area contributed by atoms with Crippen LogP contribution in [0.3, 0.4) is 0 Å². The van der Waals surface area contributed by atoms with E-state index in [9.17, 15) is 9.59 Å². The van der Waals surface area contributed by atoms with Crippen molar-refractivity contribution in [2.24, 2.45) is 5.92 Å². The summed E-state index contributed by atoms with van der Waals surface area (Å²) in [6, 6.07) is 17.8. The average Bonchev–Trinajstić information content (AvgIpc) is 3.47. The topological polar surface area (TPSA) is 62.0 Å². The molecule has 1 aliphatic carbocycles. The molecule has 0 aliphatic heterocycles. The normalized spacial score (nSPS) is 15.0. The van der Waals surface area contributed by atoms with E-state index in [1.807, 2.05) is 42.5 Å². The fraction of sp³-hybridized carbons (Fsp3) is 0.273. The van der Waals surface area contributed by atoms with Crippen LogP contribution < -0.4 is 10.9 Å². The van der Waals surface area contributed by atoms with E-state index < -0.39 is 0 Å². The van der Waals surface area contributed by atoms with E-state index >= 15 is 0 Å². The Balaban J connectivity index is 1.51. The molecule has 0 bridgehead atoms. The Morgan fingerprint density at radius 3 is 2.65 bits per heavy atom. The number of aromatic nitrogens is 1. The third-order valence-corrected chi connectivity index (χ3v) is 5.14. The van der Waals surface area contributed by atoms with Crippen molar-refractivity contribution in [2.45, 2.75) is 32.1 Å². The van der Waals surface area contributed by atoms with Crippen LogP contribution in [0.2, 0.25) is 0 Å². The van der Waals surface area contributed by atoms with Gasteiger partial charge in [-0.05, 0) is 60.7 Å². The molecule has 1 amide bonds. The number of anilines is 1. The standard InChI is InChI=1S/C22H22N2O2/c1-14-11-17-9-10-18(12-20(17)24-22(14)26)23-21(25)13-19(16-7-8-16)15-5-3-2-4-6-15/h2-6,9-12,16,19H,7-8,13H2,1H3,(H,23,25)(H,24,26). The number of benzene rings is 2. The molecule has 1 heterocycles. The maximum absolute atomic E-state index is 12.6. The lowest BCUT2D eigenvalue weighted by Crippen LogP contribution is -2.17. The second-order valence-electron chi connectivity index (χ2n) is 7.19. The van der Waals surface area contributed by atoms with Gasteiger partial charge in [0.2, 0.25) is 5.91 Å². The number of hydrogen-bond acceptors (Lipinski definition) is 2. The van der Waals surface area contributed by atoms with E-state index in [0.717, 1.165) is 10.9 Å². The average molecular weight is 346 g/mol. The zero-order valence-electron chi connectivity index (χ0n) is 14.8. The molecule has 4 rings (SSSR count). The third kappa shape index (κ3) is 3.54. The predicted octanol–water partition coefficient (Wildman–Crippen LogP) is 4.36. The summed E-state index contributed by atoms with van der Waals surface area (Å²) in [5.74, 6) is 0.901. The van der Waals surface area contributed by atoms with Crippen LogP contribution in [0.1, 0.15) is 36.3 Å². The molecule has 26 heavy (non-hydrogen) atoms.